The Morgan fingerprint density at radius 1 is 1.00 bits per heavy atom. The van der Waals surface area contributed by atoms with Crippen molar-refractivity contribution in [1.82, 2.24) is 0 Å². The molecule has 0 aliphatic rings. The molecule has 2 N–H and O–H groups in total. The van der Waals surface area contributed by atoms with E-state index in [4.69, 9.17) is 4.18 Å². The lowest BCUT2D eigenvalue weighted by Gasteiger charge is -2.11. The molecule has 0 heterocycles. The van der Waals surface area contributed by atoms with E-state index in [1.165, 1.54) is 0 Å². The van der Waals surface area contributed by atoms with Crippen molar-refractivity contribution in [1.29, 1.82) is 0 Å². The molecule has 0 bridgehead atoms. The Morgan fingerprint density at radius 2 is 1.64 bits per heavy atom. The van der Waals surface area contributed by atoms with Crippen molar-refractivity contribution in [3.05, 3.63) is 54.1 Å². The van der Waals surface area contributed by atoms with Crippen molar-refractivity contribution in [2.45, 2.75) is 11.8 Å². The molecule has 0 fully saturated rings. The number of benzene rings is 2. The molecule has 6 heteroatoms. The van der Waals surface area contributed by atoms with E-state index < -0.39 is 10.1 Å². The zero-order valence-electron chi connectivity index (χ0n) is 12.7. The van der Waals surface area contributed by atoms with Gasteiger partial charge < -0.3 is 10.6 Å². The van der Waals surface area contributed by atoms with Gasteiger partial charge >= 0.3 is 0 Å². The van der Waals surface area contributed by atoms with Crippen LogP contribution in [0.5, 0.6) is 0 Å². The highest BCUT2D eigenvalue weighted by Gasteiger charge is 2.14. The molecule has 0 saturated heterocycles. The van der Waals surface area contributed by atoms with Gasteiger partial charge in [0.25, 0.3) is 10.1 Å². The van der Waals surface area contributed by atoms with Gasteiger partial charge in [-0.3, -0.25) is 4.18 Å². The predicted octanol–water partition coefficient (Wildman–Crippen LogP) is 2.85. The van der Waals surface area contributed by atoms with E-state index in [9.17, 15) is 8.42 Å². The molecule has 0 amide bonds. The van der Waals surface area contributed by atoms with Crippen LogP contribution in [0.4, 0.5) is 11.4 Å². The first kappa shape index (κ1) is 16.3. The van der Waals surface area contributed by atoms with Crippen LogP contribution in [0.15, 0.2) is 53.4 Å². The molecular formula is C16H20N2O3S. The first-order valence-corrected chi connectivity index (χ1v) is 8.40. The minimum Gasteiger partial charge on any atom is -0.386 e. The van der Waals surface area contributed by atoms with Crippen LogP contribution in [0, 0.1) is 6.92 Å². The van der Waals surface area contributed by atoms with E-state index in [1.807, 2.05) is 38.2 Å². The average molecular weight is 320 g/mol. The molecule has 0 atom stereocenters. The molecular weight excluding hydrogens is 300 g/mol. The number of rotatable bonds is 7. The molecule has 0 aliphatic heterocycles. The van der Waals surface area contributed by atoms with Crippen molar-refractivity contribution < 1.29 is 12.6 Å². The summed E-state index contributed by atoms with van der Waals surface area (Å²) in [7, 11) is -1.87. The summed E-state index contributed by atoms with van der Waals surface area (Å²) < 4.78 is 29.1. The van der Waals surface area contributed by atoms with Crippen molar-refractivity contribution in [3.63, 3.8) is 0 Å². The highest BCUT2D eigenvalue weighted by Crippen LogP contribution is 2.19. The molecule has 2 aromatic rings. The predicted molar refractivity (Wildman–Crippen MR) is 88.8 cm³/mol. The third-order valence-corrected chi connectivity index (χ3v) is 4.49. The second-order valence-electron chi connectivity index (χ2n) is 4.81. The topological polar surface area (TPSA) is 67.4 Å². The Morgan fingerprint density at radius 3 is 2.27 bits per heavy atom. The van der Waals surface area contributed by atoms with Crippen LogP contribution in [-0.4, -0.2) is 28.6 Å². The molecule has 0 unspecified atom stereocenters. The van der Waals surface area contributed by atoms with Gasteiger partial charge in [-0.2, -0.15) is 8.42 Å². The molecule has 2 rings (SSSR count). The van der Waals surface area contributed by atoms with E-state index in [-0.39, 0.29) is 11.5 Å². The maximum atomic E-state index is 12.0. The average Bonchev–Trinajstić information content (AvgIpc) is 2.52. The summed E-state index contributed by atoms with van der Waals surface area (Å²) in [4.78, 5) is 0.175. The third-order valence-electron chi connectivity index (χ3n) is 3.16. The second-order valence-corrected chi connectivity index (χ2v) is 6.43. The van der Waals surface area contributed by atoms with Gasteiger partial charge in [0.05, 0.1) is 22.9 Å². The van der Waals surface area contributed by atoms with E-state index in [1.54, 1.807) is 24.3 Å². The number of para-hydroxylation sites is 2. The van der Waals surface area contributed by atoms with Gasteiger partial charge in [-0.25, -0.2) is 0 Å². The summed E-state index contributed by atoms with van der Waals surface area (Å²) in [6.07, 6.45) is 0. The van der Waals surface area contributed by atoms with Crippen molar-refractivity contribution >= 4 is 21.5 Å². The maximum Gasteiger partial charge on any atom is 0.297 e. The Labute approximate surface area is 131 Å². The summed E-state index contributed by atoms with van der Waals surface area (Å²) in [5.74, 6) is 0. The molecule has 0 saturated carbocycles. The van der Waals surface area contributed by atoms with Crippen LogP contribution in [0.3, 0.4) is 0 Å². The van der Waals surface area contributed by atoms with Gasteiger partial charge in [-0.1, -0.05) is 29.8 Å². The minimum atomic E-state index is -3.70. The maximum absolute atomic E-state index is 12.0. The molecule has 0 radical (unpaired) electrons. The van der Waals surface area contributed by atoms with Crippen LogP contribution in [0.25, 0.3) is 0 Å². The van der Waals surface area contributed by atoms with Gasteiger partial charge in [0.1, 0.15) is 0 Å². The molecule has 0 spiro atoms. The number of hydrogen-bond acceptors (Lipinski definition) is 5. The summed E-state index contributed by atoms with van der Waals surface area (Å²) in [6.45, 7) is 2.36. The Balaban J connectivity index is 1.89. The smallest absolute Gasteiger partial charge is 0.297 e. The molecule has 0 aliphatic carbocycles. The number of hydrogen-bond donors (Lipinski definition) is 2. The Hall–Kier alpha value is -2.05. The van der Waals surface area contributed by atoms with Crippen LogP contribution in [0.2, 0.25) is 0 Å². The second kappa shape index (κ2) is 7.29. The van der Waals surface area contributed by atoms with Gasteiger partial charge in [-0.05, 0) is 31.2 Å². The quantitative estimate of drug-likeness (QED) is 0.606. The third kappa shape index (κ3) is 4.22. The fourth-order valence-electron chi connectivity index (χ4n) is 1.97. The van der Waals surface area contributed by atoms with Crippen molar-refractivity contribution in [2.24, 2.45) is 0 Å². The van der Waals surface area contributed by atoms with Crippen molar-refractivity contribution in [2.75, 3.05) is 30.8 Å². The zero-order valence-corrected chi connectivity index (χ0v) is 13.5. The lowest BCUT2D eigenvalue weighted by molar-refractivity contribution is 0.331. The van der Waals surface area contributed by atoms with Crippen molar-refractivity contribution in [3.8, 4) is 0 Å². The summed E-state index contributed by atoms with van der Waals surface area (Å²) in [5.41, 5.74) is 2.86. The van der Waals surface area contributed by atoms with Crippen LogP contribution >= 0.6 is 0 Å². The summed E-state index contributed by atoms with van der Waals surface area (Å²) in [5, 5.41) is 6.21. The van der Waals surface area contributed by atoms with Gasteiger partial charge in [0.2, 0.25) is 0 Å². The zero-order chi connectivity index (χ0) is 16.0. The normalized spacial score (nSPS) is 11.2. The van der Waals surface area contributed by atoms with E-state index in [0.29, 0.717) is 6.54 Å². The number of aryl methyl sites for hydroxylation is 1. The largest absolute Gasteiger partial charge is 0.386 e. The SMILES string of the molecule is CNc1ccccc1NCCOS(=O)(=O)c1ccc(C)cc1. The van der Waals surface area contributed by atoms with Crippen LogP contribution in [0.1, 0.15) is 5.56 Å². The molecule has 22 heavy (non-hydrogen) atoms. The molecule has 2 aromatic carbocycles. The fourth-order valence-corrected chi connectivity index (χ4v) is 2.87. The summed E-state index contributed by atoms with van der Waals surface area (Å²) >= 11 is 0. The minimum absolute atomic E-state index is 0.0637. The van der Waals surface area contributed by atoms with Gasteiger partial charge in [0, 0.05) is 13.6 Å². The number of anilines is 2. The highest BCUT2D eigenvalue weighted by molar-refractivity contribution is 7.86. The molecule has 0 aromatic heterocycles. The monoisotopic (exact) mass is 320 g/mol. The first-order chi connectivity index (χ1) is 10.5. The standard InChI is InChI=1S/C16H20N2O3S/c1-13-7-9-14(10-8-13)22(19,20)21-12-11-18-16-6-4-3-5-15(16)17-2/h3-10,17-18H,11-12H2,1-2H3. The van der Waals surface area contributed by atoms with Crippen LogP contribution in [-0.2, 0) is 14.3 Å². The molecule has 5 nitrogen and oxygen atoms in total. The van der Waals surface area contributed by atoms with Gasteiger partial charge in [-0.15, -0.1) is 0 Å². The van der Waals surface area contributed by atoms with Gasteiger partial charge in [0.15, 0.2) is 0 Å². The number of nitrogens with one attached hydrogen (secondary N) is 2. The lowest BCUT2D eigenvalue weighted by atomic mass is 10.2. The fraction of sp³-hybridized carbons (Fsp3) is 0.250. The highest BCUT2D eigenvalue weighted by atomic mass is 32.2. The Kier molecular flexibility index (Phi) is 5.41. The summed E-state index contributed by atoms with van der Waals surface area (Å²) in [6, 6.07) is 14.3. The van der Waals surface area contributed by atoms with Crippen LogP contribution < -0.4 is 10.6 Å². The first-order valence-electron chi connectivity index (χ1n) is 7.00. The molecule has 118 valence electrons. The Bertz CT molecular complexity index is 712. The van der Waals surface area contributed by atoms with E-state index in [0.717, 1.165) is 16.9 Å². The lowest BCUT2D eigenvalue weighted by Crippen LogP contribution is -2.15. The van der Waals surface area contributed by atoms with E-state index in [2.05, 4.69) is 10.6 Å². The van der Waals surface area contributed by atoms with E-state index >= 15 is 0 Å².